The highest BCUT2D eigenvalue weighted by molar-refractivity contribution is 5.95. The van der Waals surface area contributed by atoms with Crippen molar-refractivity contribution in [2.75, 3.05) is 6.61 Å². The molecule has 3 aromatic rings. The lowest BCUT2D eigenvalue weighted by Crippen LogP contribution is -2.43. The number of aryl methyl sites for hydroxylation is 2. The zero-order valence-electron chi connectivity index (χ0n) is 15.2. The van der Waals surface area contributed by atoms with Crippen LogP contribution in [0.1, 0.15) is 21.7 Å². The summed E-state index contributed by atoms with van der Waals surface area (Å²) in [5, 5.41) is 0. The monoisotopic (exact) mass is 363 g/mol. The van der Waals surface area contributed by atoms with E-state index < -0.39 is 11.8 Å². The maximum absolute atomic E-state index is 12.2. The number of amides is 2. The Balaban J connectivity index is 1.53. The Kier molecular flexibility index (Phi) is 5.56. The average molecular weight is 363 g/mol. The van der Waals surface area contributed by atoms with Gasteiger partial charge >= 0.3 is 0 Å². The molecule has 0 aliphatic heterocycles. The number of ether oxygens (including phenoxy) is 1. The van der Waals surface area contributed by atoms with E-state index in [1.54, 1.807) is 24.3 Å². The number of carbonyl (C=O) groups excluding carboxylic acids is 2. The molecule has 138 valence electrons. The van der Waals surface area contributed by atoms with Gasteiger partial charge in [0.1, 0.15) is 5.75 Å². The van der Waals surface area contributed by atoms with Crippen LogP contribution >= 0.6 is 0 Å². The Morgan fingerprint density at radius 3 is 2.11 bits per heavy atom. The molecule has 0 saturated heterocycles. The number of hydrogen-bond acceptors (Lipinski definition) is 3. The summed E-state index contributed by atoms with van der Waals surface area (Å²) in [6.45, 7) is 3.87. The van der Waals surface area contributed by atoms with Gasteiger partial charge in [0.25, 0.3) is 11.8 Å². The summed E-state index contributed by atoms with van der Waals surface area (Å²) >= 11 is 0. The number of nitrogens with zero attached hydrogens (tertiary/aromatic N) is 1. The third-order valence-corrected chi connectivity index (χ3v) is 4.09. The first-order chi connectivity index (χ1) is 13.0. The molecule has 3 rings (SSSR count). The minimum absolute atomic E-state index is 0.185. The Morgan fingerprint density at radius 1 is 0.852 bits per heavy atom. The van der Waals surface area contributed by atoms with Crippen LogP contribution in [0.2, 0.25) is 0 Å². The molecule has 6 heteroatoms. The van der Waals surface area contributed by atoms with Crippen molar-refractivity contribution >= 4 is 11.8 Å². The van der Waals surface area contributed by atoms with E-state index in [1.165, 1.54) is 0 Å². The molecule has 0 fully saturated rings. The van der Waals surface area contributed by atoms with Crippen LogP contribution in [-0.4, -0.2) is 23.0 Å². The number of rotatable bonds is 5. The fourth-order valence-corrected chi connectivity index (χ4v) is 2.74. The molecule has 2 aromatic carbocycles. The maximum Gasteiger partial charge on any atom is 0.276 e. The molecule has 0 spiro atoms. The quantitative estimate of drug-likeness (QED) is 0.685. The zero-order valence-corrected chi connectivity index (χ0v) is 15.2. The summed E-state index contributed by atoms with van der Waals surface area (Å²) in [6.07, 6.45) is 0. The van der Waals surface area contributed by atoms with E-state index >= 15 is 0 Å². The van der Waals surface area contributed by atoms with Gasteiger partial charge in [-0.3, -0.25) is 20.4 Å². The molecule has 1 aromatic heterocycles. The highest BCUT2D eigenvalue weighted by Gasteiger charge is 2.09. The standard InChI is InChI=1S/C21H21N3O3/c1-15-8-9-16(2)24(15)18-12-10-17(11-13-18)21(26)23-22-20(25)14-27-19-6-4-3-5-7-19/h3-13H,14H2,1-2H3,(H,22,25)(H,23,26). The predicted octanol–water partition coefficient (Wildman–Crippen LogP) is 2.93. The van der Waals surface area contributed by atoms with Crippen molar-refractivity contribution < 1.29 is 14.3 Å². The first-order valence-corrected chi connectivity index (χ1v) is 8.57. The first kappa shape index (κ1) is 18.3. The SMILES string of the molecule is Cc1ccc(C)n1-c1ccc(C(=O)NNC(=O)COc2ccccc2)cc1. The molecule has 6 nitrogen and oxygen atoms in total. The Hall–Kier alpha value is -3.54. The second kappa shape index (κ2) is 8.23. The molecule has 0 aliphatic carbocycles. The van der Waals surface area contributed by atoms with Crippen molar-refractivity contribution in [3.05, 3.63) is 83.7 Å². The number of hydrazine groups is 1. The Labute approximate surface area is 157 Å². The molecule has 27 heavy (non-hydrogen) atoms. The number of aromatic nitrogens is 1. The summed E-state index contributed by atoms with van der Waals surface area (Å²) < 4.78 is 7.42. The molecule has 0 atom stereocenters. The molecular weight excluding hydrogens is 342 g/mol. The van der Waals surface area contributed by atoms with Gasteiger partial charge < -0.3 is 9.30 Å². The largest absolute Gasteiger partial charge is 0.484 e. The van der Waals surface area contributed by atoms with E-state index in [0.29, 0.717) is 11.3 Å². The van der Waals surface area contributed by atoms with Crippen LogP contribution in [0.25, 0.3) is 5.69 Å². The molecule has 2 amide bonds. The highest BCUT2D eigenvalue weighted by atomic mass is 16.5. The van der Waals surface area contributed by atoms with E-state index in [2.05, 4.69) is 15.4 Å². The van der Waals surface area contributed by atoms with Gasteiger partial charge in [-0.1, -0.05) is 18.2 Å². The number of carbonyl (C=O) groups is 2. The van der Waals surface area contributed by atoms with E-state index in [4.69, 9.17) is 4.74 Å². The molecule has 0 saturated carbocycles. The van der Waals surface area contributed by atoms with Gasteiger partial charge in [-0.15, -0.1) is 0 Å². The lowest BCUT2D eigenvalue weighted by atomic mass is 10.2. The minimum Gasteiger partial charge on any atom is -0.484 e. The van der Waals surface area contributed by atoms with Gasteiger partial charge in [0.05, 0.1) is 0 Å². The smallest absolute Gasteiger partial charge is 0.276 e. The van der Waals surface area contributed by atoms with Gasteiger partial charge in [0, 0.05) is 22.6 Å². The predicted molar refractivity (Wildman–Crippen MR) is 103 cm³/mol. The van der Waals surface area contributed by atoms with E-state index in [0.717, 1.165) is 17.1 Å². The highest BCUT2D eigenvalue weighted by Crippen LogP contribution is 2.16. The number of hydrogen-bond donors (Lipinski definition) is 2. The van der Waals surface area contributed by atoms with Crippen LogP contribution in [0.3, 0.4) is 0 Å². The Morgan fingerprint density at radius 2 is 1.48 bits per heavy atom. The van der Waals surface area contributed by atoms with Gasteiger partial charge in [-0.2, -0.15) is 0 Å². The topological polar surface area (TPSA) is 72.4 Å². The fourth-order valence-electron chi connectivity index (χ4n) is 2.74. The van der Waals surface area contributed by atoms with E-state index in [-0.39, 0.29) is 6.61 Å². The third kappa shape index (κ3) is 4.55. The van der Waals surface area contributed by atoms with Crippen molar-refractivity contribution in [1.29, 1.82) is 0 Å². The number of nitrogens with one attached hydrogen (secondary N) is 2. The van der Waals surface area contributed by atoms with Crippen molar-refractivity contribution in [3.63, 3.8) is 0 Å². The van der Waals surface area contributed by atoms with Crippen LogP contribution in [0.4, 0.5) is 0 Å². The van der Waals surface area contributed by atoms with Crippen molar-refractivity contribution in [3.8, 4) is 11.4 Å². The zero-order chi connectivity index (χ0) is 19.2. The van der Waals surface area contributed by atoms with Crippen molar-refractivity contribution in [2.24, 2.45) is 0 Å². The molecule has 0 aliphatic rings. The second-order valence-electron chi connectivity index (χ2n) is 6.10. The number of benzene rings is 2. The normalized spacial score (nSPS) is 10.3. The van der Waals surface area contributed by atoms with Gasteiger partial charge in [0.15, 0.2) is 6.61 Å². The lowest BCUT2D eigenvalue weighted by Gasteiger charge is -2.11. The van der Waals surface area contributed by atoms with Crippen LogP contribution in [-0.2, 0) is 4.79 Å². The molecule has 0 bridgehead atoms. The van der Waals surface area contributed by atoms with Gasteiger partial charge in [0.2, 0.25) is 0 Å². The summed E-state index contributed by atoms with van der Waals surface area (Å²) in [7, 11) is 0. The first-order valence-electron chi connectivity index (χ1n) is 8.57. The molecule has 1 heterocycles. The molecular formula is C21H21N3O3. The van der Waals surface area contributed by atoms with Crippen molar-refractivity contribution in [2.45, 2.75) is 13.8 Å². The molecule has 0 unspecified atom stereocenters. The summed E-state index contributed by atoms with van der Waals surface area (Å²) in [4.78, 5) is 24.0. The van der Waals surface area contributed by atoms with E-state index in [9.17, 15) is 9.59 Å². The Bertz CT molecular complexity index is 912. The van der Waals surface area contributed by atoms with Gasteiger partial charge in [-0.05, 0) is 62.4 Å². The number of para-hydroxylation sites is 1. The summed E-state index contributed by atoms with van der Waals surface area (Å²) in [5.74, 6) is -0.247. The van der Waals surface area contributed by atoms with Crippen LogP contribution < -0.4 is 15.6 Å². The average Bonchev–Trinajstić information content (AvgIpc) is 3.03. The lowest BCUT2D eigenvalue weighted by molar-refractivity contribution is -0.123. The fraction of sp³-hybridized carbons (Fsp3) is 0.143. The van der Waals surface area contributed by atoms with Crippen LogP contribution in [0, 0.1) is 13.8 Å². The summed E-state index contributed by atoms with van der Waals surface area (Å²) in [5.41, 5.74) is 8.40. The van der Waals surface area contributed by atoms with Crippen LogP contribution in [0.5, 0.6) is 5.75 Å². The molecule has 0 radical (unpaired) electrons. The van der Waals surface area contributed by atoms with Gasteiger partial charge in [-0.25, -0.2) is 0 Å². The maximum atomic E-state index is 12.2. The molecule has 2 N–H and O–H groups in total. The second-order valence-corrected chi connectivity index (χ2v) is 6.10. The summed E-state index contributed by atoms with van der Waals surface area (Å²) in [6, 6.07) is 20.3. The third-order valence-electron chi connectivity index (χ3n) is 4.09. The van der Waals surface area contributed by atoms with Crippen molar-refractivity contribution in [1.82, 2.24) is 15.4 Å². The van der Waals surface area contributed by atoms with E-state index in [1.807, 2.05) is 56.3 Å². The minimum atomic E-state index is -0.442. The van der Waals surface area contributed by atoms with Crippen LogP contribution in [0.15, 0.2) is 66.7 Å².